The molecule has 2 N–H and O–H groups in total. The number of anilines is 1. The van der Waals surface area contributed by atoms with Crippen molar-refractivity contribution in [1.82, 2.24) is 9.88 Å². The zero-order valence-electron chi connectivity index (χ0n) is 20.4. The van der Waals surface area contributed by atoms with Crippen LogP contribution in [0.15, 0.2) is 54.6 Å². The number of pyridine rings is 1. The van der Waals surface area contributed by atoms with E-state index in [1.54, 1.807) is 32.0 Å². The van der Waals surface area contributed by atoms with Gasteiger partial charge in [-0.1, -0.05) is 42.5 Å². The first-order valence-corrected chi connectivity index (χ1v) is 11.8. The molecular formula is C28H31N3O4. The number of aryl methyl sites for hydroxylation is 2. The molecule has 1 saturated heterocycles. The summed E-state index contributed by atoms with van der Waals surface area (Å²) in [7, 11) is 1.31. The number of hydrogen-bond acceptors (Lipinski definition) is 7. The number of carbonyl (C=O) groups is 2. The first-order valence-electron chi connectivity index (χ1n) is 11.8. The van der Waals surface area contributed by atoms with E-state index in [4.69, 9.17) is 15.2 Å². The van der Waals surface area contributed by atoms with Gasteiger partial charge < -0.3 is 15.2 Å². The van der Waals surface area contributed by atoms with E-state index >= 15 is 0 Å². The van der Waals surface area contributed by atoms with Gasteiger partial charge >= 0.3 is 11.9 Å². The molecule has 0 bridgehead atoms. The quantitative estimate of drug-likeness (QED) is 0.414. The maximum Gasteiger partial charge on any atom is 0.340 e. The highest BCUT2D eigenvalue weighted by Crippen LogP contribution is 2.34. The van der Waals surface area contributed by atoms with Crippen LogP contribution in [0.3, 0.4) is 0 Å². The van der Waals surface area contributed by atoms with Crippen molar-refractivity contribution >= 4 is 17.6 Å². The summed E-state index contributed by atoms with van der Waals surface area (Å²) in [4.78, 5) is 33.1. The van der Waals surface area contributed by atoms with Crippen molar-refractivity contribution < 1.29 is 19.1 Å². The van der Waals surface area contributed by atoms with Crippen LogP contribution in [-0.2, 0) is 16.0 Å². The summed E-state index contributed by atoms with van der Waals surface area (Å²) in [6, 6.07) is 17.4. The zero-order valence-corrected chi connectivity index (χ0v) is 20.4. The van der Waals surface area contributed by atoms with Gasteiger partial charge in [-0.2, -0.15) is 0 Å². The van der Waals surface area contributed by atoms with E-state index < -0.39 is 11.9 Å². The molecule has 0 aliphatic carbocycles. The number of aromatic nitrogens is 1. The fraction of sp³-hybridized carbons (Fsp3) is 0.321. The number of nitrogens with two attached hydrogens (primary N) is 1. The number of likely N-dealkylation sites (tertiary alicyclic amines) is 1. The van der Waals surface area contributed by atoms with Crippen molar-refractivity contribution in [3.05, 3.63) is 82.7 Å². The standard InChI is InChI=1S/C28H31N3O4/c1-18-24(27(32)34-3)26(21-11-7-12-22(29)15-21)25(19(2)30-18)28(33)35-23-13-8-14-31(17-23)16-20-9-5-4-6-10-20/h4-7,9-12,15,23H,8,13-14,16-17,29H2,1-3H3. The molecule has 1 aliphatic heterocycles. The summed E-state index contributed by atoms with van der Waals surface area (Å²) in [6.45, 7) is 5.89. The van der Waals surface area contributed by atoms with Crippen LogP contribution in [-0.4, -0.2) is 48.1 Å². The van der Waals surface area contributed by atoms with E-state index in [0.717, 1.165) is 25.9 Å². The molecule has 3 aromatic rings. The molecule has 182 valence electrons. The summed E-state index contributed by atoms with van der Waals surface area (Å²) in [5.74, 6) is -1.06. The second-order valence-electron chi connectivity index (χ2n) is 8.91. The van der Waals surface area contributed by atoms with Gasteiger partial charge in [0.1, 0.15) is 6.10 Å². The van der Waals surface area contributed by atoms with E-state index in [1.165, 1.54) is 12.7 Å². The molecule has 2 heterocycles. The Balaban J connectivity index is 1.66. The Morgan fingerprint density at radius 2 is 1.74 bits per heavy atom. The number of rotatable bonds is 6. The van der Waals surface area contributed by atoms with Crippen LogP contribution in [0, 0.1) is 13.8 Å². The highest BCUT2D eigenvalue weighted by Gasteiger charge is 2.30. The van der Waals surface area contributed by atoms with Crippen LogP contribution >= 0.6 is 0 Å². The summed E-state index contributed by atoms with van der Waals surface area (Å²) in [6.07, 6.45) is 1.47. The number of nitrogens with zero attached hydrogens (tertiary/aromatic N) is 2. The van der Waals surface area contributed by atoms with Crippen molar-refractivity contribution in [2.75, 3.05) is 25.9 Å². The molecule has 35 heavy (non-hydrogen) atoms. The van der Waals surface area contributed by atoms with Gasteiger partial charge in [-0.25, -0.2) is 9.59 Å². The number of nitrogen functional groups attached to an aromatic ring is 1. The number of benzene rings is 2. The molecule has 0 spiro atoms. The number of ether oxygens (including phenoxy) is 2. The maximum absolute atomic E-state index is 13.6. The van der Waals surface area contributed by atoms with Crippen LogP contribution in [0.2, 0.25) is 0 Å². The Morgan fingerprint density at radius 1 is 1.03 bits per heavy atom. The number of methoxy groups -OCH3 is 1. The lowest BCUT2D eigenvalue weighted by molar-refractivity contribution is 0.00557. The Bertz CT molecular complexity index is 1230. The van der Waals surface area contributed by atoms with Gasteiger partial charge in [-0.3, -0.25) is 9.88 Å². The van der Waals surface area contributed by atoms with Crippen LogP contribution in [0.1, 0.15) is 50.5 Å². The Hall–Kier alpha value is -3.71. The molecule has 1 unspecified atom stereocenters. The predicted octanol–water partition coefficient (Wildman–Crippen LogP) is 4.56. The van der Waals surface area contributed by atoms with E-state index in [2.05, 4.69) is 22.0 Å². The van der Waals surface area contributed by atoms with E-state index in [0.29, 0.717) is 34.7 Å². The predicted molar refractivity (Wildman–Crippen MR) is 135 cm³/mol. The van der Waals surface area contributed by atoms with Crippen LogP contribution in [0.25, 0.3) is 11.1 Å². The van der Waals surface area contributed by atoms with Crippen molar-refractivity contribution in [1.29, 1.82) is 0 Å². The Labute approximate surface area is 205 Å². The van der Waals surface area contributed by atoms with Crippen molar-refractivity contribution in [2.45, 2.75) is 39.3 Å². The molecule has 1 fully saturated rings. The summed E-state index contributed by atoms with van der Waals surface area (Å²) in [5, 5.41) is 0. The summed E-state index contributed by atoms with van der Waals surface area (Å²) >= 11 is 0. The minimum atomic E-state index is -0.562. The van der Waals surface area contributed by atoms with Crippen molar-refractivity contribution in [3.8, 4) is 11.1 Å². The van der Waals surface area contributed by atoms with Crippen LogP contribution in [0.5, 0.6) is 0 Å². The molecular weight excluding hydrogens is 442 g/mol. The molecule has 0 radical (unpaired) electrons. The smallest absolute Gasteiger partial charge is 0.340 e. The monoisotopic (exact) mass is 473 g/mol. The lowest BCUT2D eigenvalue weighted by atomic mass is 9.92. The highest BCUT2D eigenvalue weighted by atomic mass is 16.5. The third-order valence-electron chi connectivity index (χ3n) is 6.31. The fourth-order valence-corrected chi connectivity index (χ4v) is 4.74. The summed E-state index contributed by atoms with van der Waals surface area (Å²) in [5.41, 5.74) is 10.3. The third kappa shape index (κ3) is 5.52. The van der Waals surface area contributed by atoms with Gasteiger partial charge in [0.25, 0.3) is 0 Å². The lowest BCUT2D eigenvalue weighted by Gasteiger charge is -2.32. The van der Waals surface area contributed by atoms with Gasteiger partial charge in [-0.15, -0.1) is 0 Å². The molecule has 2 aromatic carbocycles. The molecule has 7 nitrogen and oxygen atoms in total. The molecule has 0 amide bonds. The molecule has 1 aliphatic rings. The fourth-order valence-electron chi connectivity index (χ4n) is 4.74. The van der Waals surface area contributed by atoms with Crippen molar-refractivity contribution in [3.63, 3.8) is 0 Å². The minimum Gasteiger partial charge on any atom is -0.465 e. The van der Waals surface area contributed by atoms with Gasteiger partial charge in [0.05, 0.1) is 29.6 Å². The maximum atomic E-state index is 13.6. The van der Waals surface area contributed by atoms with E-state index in [-0.39, 0.29) is 17.2 Å². The average Bonchev–Trinajstić information content (AvgIpc) is 2.84. The SMILES string of the molecule is COC(=O)c1c(C)nc(C)c(C(=O)OC2CCCN(Cc3ccccc3)C2)c1-c1cccc(N)c1. The van der Waals surface area contributed by atoms with Crippen molar-refractivity contribution in [2.24, 2.45) is 0 Å². The van der Waals surface area contributed by atoms with Gasteiger partial charge in [0.15, 0.2) is 0 Å². The molecule has 1 aromatic heterocycles. The second-order valence-corrected chi connectivity index (χ2v) is 8.91. The van der Waals surface area contributed by atoms with Gasteiger partial charge in [0, 0.05) is 24.3 Å². The molecule has 7 heteroatoms. The first kappa shape index (κ1) is 24.4. The molecule has 0 saturated carbocycles. The lowest BCUT2D eigenvalue weighted by Crippen LogP contribution is -2.40. The zero-order chi connectivity index (χ0) is 24.9. The Kier molecular flexibility index (Phi) is 7.46. The molecule has 4 rings (SSSR count). The minimum absolute atomic E-state index is 0.241. The second kappa shape index (κ2) is 10.7. The van der Waals surface area contributed by atoms with E-state index in [1.807, 2.05) is 24.3 Å². The normalized spacial score (nSPS) is 16.0. The van der Waals surface area contributed by atoms with Crippen LogP contribution in [0.4, 0.5) is 5.69 Å². The number of hydrogen-bond donors (Lipinski definition) is 1. The first-order chi connectivity index (χ1) is 16.9. The number of piperidine rings is 1. The topological polar surface area (TPSA) is 94.7 Å². The van der Waals surface area contributed by atoms with Crippen LogP contribution < -0.4 is 5.73 Å². The highest BCUT2D eigenvalue weighted by molar-refractivity contribution is 6.07. The largest absolute Gasteiger partial charge is 0.465 e. The third-order valence-corrected chi connectivity index (χ3v) is 6.31. The Morgan fingerprint density at radius 3 is 2.43 bits per heavy atom. The van der Waals surface area contributed by atoms with Gasteiger partial charge in [-0.05, 0) is 56.5 Å². The summed E-state index contributed by atoms with van der Waals surface area (Å²) < 4.78 is 11.1. The van der Waals surface area contributed by atoms with E-state index in [9.17, 15) is 9.59 Å². The number of esters is 2. The van der Waals surface area contributed by atoms with Gasteiger partial charge in [0.2, 0.25) is 0 Å². The average molecular weight is 474 g/mol. The number of carbonyl (C=O) groups excluding carboxylic acids is 2. The molecule has 1 atom stereocenters.